The molecule has 0 spiro atoms. The molecular formula is C22H24FN3O. The molecule has 1 fully saturated rings. The van der Waals surface area contributed by atoms with Gasteiger partial charge in [0.15, 0.2) is 0 Å². The number of halogens is 1. The Morgan fingerprint density at radius 3 is 2.67 bits per heavy atom. The second-order valence-corrected chi connectivity index (χ2v) is 7.44. The van der Waals surface area contributed by atoms with Crippen molar-refractivity contribution in [1.29, 1.82) is 0 Å². The van der Waals surface area contributed by atoms with Gasteiger partial charge in [0.2, 0.25) is 0 Å². The lowest BCUT2D eigenvalue weighted by atomic mass is 9.92. The van der Waals surface area contributed by atoms with E-state index in [-0.39, 0.29) is 18.0 Å². The fourth-order valence-electron chi connectivity index (χ4n) is 3.97. The van der Waals surface area contributed by atoms with Gasteiger partial charge >= 0.3 is 0 Å². The zero-order valence-electron chi connectivity index (χ0n) is 15.4. The average Bonchev–Trinajstić information content (AvgIpc) is 2.64. The van der Waals surface area contributed by atoms with Crippen molar-refractivity contribution in [2.24, 2.45) is 0 Å². The Morgan fingerprint density at radius 2 is 1.93 bits per heavy atom. The van der Waals surface area contributed by atoms with Crippen LogP contribution in [0.4, 0.5) is 15.9 Å². The highest BCUT2D eigenvalue weighted by Gasteiger charge is 2.20. The molecule has 0 unspecified atom stereocenters. The quantitative estimate of drug-likeness (QED) is 0.632. The maximum Gasteiger partial charge on any atom is 0.131 e. The maximum absolute atomic E-state index is 14.5. The number of nitrogens with zero attached hydrogens (tertiary/aromatic N) is 1. The van der Waals surface area contributed by atoms with Gasteiger partial charge in [0.25, 0.3) is 0 Å². The van der Waals surface area contributed by atoms with Crippen LogP contribution in [-0.2, 0) is 0 Å². The number of aryl methyl sites for hydroxylation is 1. The molecule has 0 atom stereocenters. The Hall–Kier alpha value is -2.66. The zero-order chi connectivity index (χ0) is 19.0. The minimum absolute atomic E-state index is 0.202. The van der Waals surface area contributed by atoms with Crippen LogP contribution in [0.15, 0.2) is 42.6 Å². The van der Waals surface area contributed by atoms with Crippen LogP contribution in [0.2, 0.25) is 0 Å². The molecule has 0 aliphatic heterocycles. The van der Waals surface area contributed by atoms with Crippen LogP contribution < -0.4 is 11.1 Å². The van der Waals surface area contributed by atoms with E-state index in [9.17, 15) is 9.50 Å². The number of pyridine rings is 1. The van der Waals surface area contributed by atoms with Gasteiger partial charge in [-0.25, -0.2) is 9.37 Å². The highest BCUT2D eigenvalue weighted by atomic mass is 19.1. The van der Waals surface area contributed by atoms with Crippen molar-refractivity contribution in [1.82, 2.24) is 4.98 Å². The maximum atomic E-state index is 14.5. The summed E-state index contributed by atoms with van der Waals surface area (Å²) in [5.74, 6) is 0.226. The highest BCUT2D eigenvalue weighted by molar-refractivity contribution is 5.98. The number of anilines is 2. The Bertz CT molecular complexity index is 960. The molecule has 4 rings (SSSR count). The van der Waals surface area contributed by atoms with E-state index in [4.69, 9.17) is 5.73 Å². The number of hydrogen-bond donors (Lipinski definition) is 3. The van der Waals surface area contributed by atoms with Crippen LogP contribution in [0.25, 0.3) is 21.9 Å². The van der Waals surface area contributed by atoms with E-state index < -0.39 is 0 Å². The number of aliphatic hydroxyl groups excluding tert-OH is 1. The summed E-state index contributed by atoms with van der Waals surface area (Å²) in [6.45, 7) is 1.92. The number of hydrogen-bond acceptors (Lipinski definition) is 4. The fourth-order valence-corrected chi connectivity index (χ4v) is 3.97. The first-order valence-corrected chi connectivity index (χ1v) is 9.40. The first-order chi connectivity index (χ1) is 13.0. The largest absolute Gasteiger partial charge is 0.393 e. The van der Waals surface area contributed by atoms with Gasteiger partial charge in [-0.05, 0) is 68.0 Å². The minimum Gasteiger partial charge on any atom is -0.393 e. The zero-order valence-corrected chi connectivity index (χ0v) is 15.4. The molecule has 1 saturated carbocycles. The Morgan fingerprint density at radius 1 is 1.15 bits per heavy atom. The van der Waals surface area contributed by atoms with Gasteiger partial charge in [0, 0.05) is 34.3 Å². The summed E-state index contributed by atoms with van der Waals surface area (Å²) >= 11 is 0. The van der Waals surface area contributed by atoms with Crippen LogP contribution >= 0.6 is 0 Å². The normalized spacial score (nSPS) is 20.0. The molecule has 1 aromatic heterocycles. The lowest BCUT2D eigenvalue weighted by Crippen LogP contribution is -2.28. The lowest BCUT2D eigenvalue weighted by Gasteiger charge is -2.28. The SMILES string of the molecule is Cc1cccc(F)c1-c1cc(N[C@H]2CC[C@H](O)CC2)c2cc(N)ncc2c1. The summed E-state index contributed by atoms with van der Waals surface area (Å²) in [5, 5.41) is 15.3. The number of nitrogen functional groups attached to an aromatic ring is 1. The van der Waals surface area contributed by atoms with E-state index in [2.05, 4.69) is 10.3 Å². The first-order valence-electron chi connectivity index (χ1n) is 9.40. The van der Waals surface area contributed by atoms with Gasteiger partial charge < -0.3 is 16.2 Å². The highest BCUT2D eigenvalue weighted by Crippen LogP contribution is 2.35. The van der Waals surface area contributed by atoms with Crippen molar-refractivity contribution < 1.29 is 9.50 Å². The molecule has 4 N–H and O–H groups in total. The van der Waals surface area contributed by atoms with Crippen LogP contribution in [0.3, 0.4) is 0 Å². The number of benzene rings is 2. The van der Waals surface area contributed by atoms with Gasteiger partial charge in [-0.2, -0.15) is 0 Å². The van der Waals surface area contributed by atoms with E-state index in [0.717, 1.165) is 53.3 Å². The summed E-state index contributed by atoms with van der Waals surface area (Å²) in [4.78, 5) is 4.21. The summed E-state index contributed by atoms with van der Waals surface area (Å²) in [6.07, 6.45) is 4.95. The summed E-state index contributed by atoms with van der Waals surface area (Å²) in [6, 6.07) is 11.2. The molecule has 1 aliphatic rings. The third-order valence-corrected chi connectivity index (χ3v) is 5.42. The fraction of sp³-hybridized carbons (Fsp3) is 0.318. The van der Waals surface area contributed by atoms with Crippen LogP contribution in [0.1, 0.15) is 31.2 Å². The lowest BCUT2D eigenvalue weighted by molar-refractivity contribution is 0.126. The second-order valence-electron chi connectivity index (χ2n) is 7.44. The molecule has 140 valence electrons. The molecule has 1 heterocycles. The average molecular weight is 365 g/mol. The number of nitrogens with one attached hydrogen (secondary N) is 1. The van der Waals surface area contributed by atoms with Gasteiger partial charge in [-0.15, -0.1) is 0 Å². The molecule has 3 aromatic rings. The predicted molar refractivity (Wildman–Crippen MR) is 108 cm³/mol. The molecule has 1 aliphatic carbocycles. The molecule has 2 aromatic carbocycles. The molecule has 0 amide bonds. The van der Waals surface area contributed by atoms with Crippen LogP contribution in [-0.4, -0.2) is 22.2 Å². The van der Waals surface area contributed by atoms with E-state index in [1.165, 1.54) is 6.07 Å². The summed E-state index contributed by atoms with van der Waals surface area (Å²) in [7, 11) is 0. The van der Waals surface area contributed by atoms with Crippen molar-refractivity contribution in [3.8, 4) is 11.1 Å². The number of nitrogens with two attached hydrogens (primary N) is 1. The topological polar surface area (TPSA) is 71.2 Å². The number of fused-ring (bicyclic) bond motifs is 1. The van der Waals surface area contributed by atoms with Gasteiger partial charge in [-0.1, -0.05) is 12.1 Å². The molecule has 4 nitrogen and oxygen atoms in total. The standard InChI is InChI=1S/C22H24FN3O/c1-13-3-2-4-19(23)22(13)14-9-15-12-25-21(24)11-18(15)20(10-14)26-16-5-7-17(27)8-6-16/h2-4,9-12,16-17,26-27H,5-8H2,1H3,(H2,24,25)/t16-,17-. The Balaban J connectivity index is 1.81. The first kappa shape index (κ1) is 17.7. The van der Waals surface area contributed by atoms with E-state index in [0.29, 0.717) is 11.4 Å². The molecule has 0 bridgehead atoms. The third kappa shape index (κ3) is 3.60. The monoisotopic (exact) mass is 365 g/mol. The van der Waals surface area contributed by atoms with Crippen molar-refractivity contribution in [3.63, 3.8) is 0 Å². The second kappa shape index (κ2) is 7.16. The number of rotatable bonds is 3. The van der Waals surface area contributed by atoms with Crippen molar-refractivity contribution in [2.75, 3.05) is 11.1 Å². The van der Waals surface area contributed by atoms with Crippen molar-refractivity contribution >= 4 is 22.3 Å². The Labute approximate surface area is 158 Å². The van der Waals surface area contributed by atoms with Crippen LogP contribution in [0.5, 0.6) is 0 Å². The van der Waals surface area contributed by atoms with E-state index >= 15 is 0 Å². The third-order valence-electron chi connectivity index (χ3n) is 5.42. The summed E-state index contributed by atoms with van der Waals surface area (Å²) in [5.41, 5.74) is 9.17. The van der Waals surface area contributed by atoms with Gasteiger partial charge in [-0.3, -0.25) is 0 Å². The van der Waals surface area contributed by atoms with Crippen LogP contribution in [0, 0.1) is 12.7 Å². The molecular weight excluding hydrogens is 341 g/mol. The molecule has 0 saturated heterocycles. The van der Waals surface area contributed by atoms with Crippen molar-refractivity contribution in [2.45, 2.75) is 44.8 Å². The molecule has 27 heavy (non-hydrogen) atoms. The van der Waals surface area contributed by atoms with Gasteiger partial charge in [0.1, 0.15) is 11.6 Å². The van der Waals surface area contributed by atoms with E-state index in [1.54, 1.807) is 12.3 Å². The molecule has 5 heteroatoms. The predicted octanol–water partition coefficient (Wildman–Crippen LogP) is 4.65. The Kier molecular flexibility index (Phi) is 4.70. The summed E-state index contributed by atoms with van der Waals surface area (Å²) < 4.78 is 14.5. The molecule has 0 radical (unpaired) electrons. The smallest absolute Gasteiger partial charge is 0.131 e. The van der Waals surface area contributed by atoms with E-state index in [1.807, 2.05) is 31.2 Å². The minimum atomic E-state index is -0.232. The number of aromatic nitrogens is 1. The number of aliphatic hydroxyl groups is 1. The van der Waals surface area contributed by atoms with Crippen molar-refractivity contribution in [3.05, 3.63) is 54.0 Å². The van der Waals surface area contributed by atoms with Gasteiger partial charge in [0.05, 0.1) is 6.10 Å².